The molecule has 106 valence electrons. The van der Waals surface area contributed by atoms with E-state index in [4.69, 9.17) is 27.9 Å². The van der Waals surface area contributed by atoms with Crippen LogP contribution in [0.15, 0.2) is 47.4 Å². The molecule has 0 spiro atoms. The highest BCUT2D eigenvalue weighted by Crippen LogP contribution is 2.27. The van der Waals surface area contributed by atoms with E-state index in [9.17, 15) is 8.42 Å². The van der Waals surface area contributed by atoms with E-state index < -0.39 is 10.0 Å². The monoisotopic (exact) mass is 331 g/mol. The van der Waals surface area contributed by atoms with Crippen LogP contribution in [-0.2, 0) is 10.0 Å². The Hall–Kier alpha value is -1.43. The van der Waals surface area contributed by atoms with Crippen molar-refractivity contribution in [3.05, 3.63) is 52.5 Å². The lowest BCUT2D eigenvalue weighted by atomic mass is 10.3. The van der Waals surface area contributed by atoms with Crippen LogP contribution in [-0.4, -0.2) is 15.5 Å². The van der Waals surface area contributed by atoms with Gasteiger partial charge in [-0.25, -0.2) is 8.42 Å². The molecule has 0 bridgehead atoms. The fraction of sp³-hybridized carbons (Fsp3) is 0.0769. The molecule has 0 fully saturated rings. The van der Waals surface area contributed by atoms with Crippen molar-refractivity contribution in [1.82, 2.24) is 0 Å². The number of hydrogen-bond donors (Lipinski definition) is 1. The predicted molar refractivity (Wildman–Crippen MR) is 80.3 cm³/mol. The van der Waals surface area contributed by atoms with Gasteiger partial charge in [-0.3, -0.25) is 4.72 Å². The van der Waals surface area contributed by atoms with Gasteiger partial charge in [-0.2, -0.15) is 0 Å². The van der Waals surface area contributed by atoms with Gasteiger partial charge in [-0.05, 0) is 30.3 Å². The van der Waals surface area contributed by atoms with Crippen LogP contribution in [0.1, 0.15) is 0 Å². The van der Waals surface area contributed by atoms with E-state index in [-0.39, 0.29) is 9.92 Å². The highest BCUT2D eigenvalue weighted by molar-refractivity contribution is 7.92. The van der Waals surface area contributed by atoms with Gasteiger partial charge < -0.3 is 4.74 Å². The summed E-state index contributed by atoms with van der Waals surface area (Å²) in [5, 5.41) is 0.633. The highest BCUT2D eigenvalue weighted by atomic mass is 35.5. The van der Waals surface area contributed by atoms with Crippen LogP contribution in [0.25, 0.3) is 0 Å². The van der Waals surface area contributed by atoms with Crippen LogP contribution >= 0.6 is 23.2 Å². The molecule has 0 aliphatic carbocycles. The molecule has 0 atom stereocenters. The molecular formula is C13H11Cl2NO3S. The maximum atomic E-state index is 12.2. The Bertz CT molecular complexity index is 732. The first-order chi connectivity index (χ1) is 9.42. The molecule has 7 heteroatoms. The normalized spacial score (nSPS) is 11.2. The fourth-order valence-electron chi connectivity index (χ4n) is 1.54. The lowest BCUT2D eigenvalue weighted by Gasteiger charge is -2.09. The van der Waals surface area contributed by atoms with Gasteiger partial charge in [0.2, 0.25) is 0 Å². The molecule has 20 heavy (non-hydrogen) atoms. The minimum Gasteiger partial charge on any atom is -0.497 e. The molecule has 0 aromatic heterocycles. The predicted octanol–water partition coefficient (Wildman–Crippen LogP) is 3.80. The Balaban J connectivity index is 2.32. The average Bonchev–Trinajstić information content (AvgIpc) is 2.43. The van der Waals surface area contributed by atoms with Crippen LogP contribution in [0.3, 0.4) is 0 Å². The number of hydrogen-bond acceptors (Lipinski definition) is 3. The molecular weight excluding hydrogens is 321 g/mol. The minimum atomic E-state index is -3.71. The summed E-state index contributed by atoms with van der Waals surface area (Å²) in [7, 11) is -2.24. The van der Waals surface area contributed by atoms with Crippen LogP contribution in [0, 0.1) is 0 Å². The smallest absolute Gasteiger partial charge is 0.262 e. The number of methoxy groups -OCH3 is 1. The topological polar surface area (TPSA) is 55.4 Å². The van der Waals surface area contributed by atoms with Crippen LogP contribution in [0.5, 0.6) is 5.75 Å². The molecule has 0 saturated carbocycles. The van der Waals surface area contributed by atoms with Gasteiger partial charge in [0.15, 0.2) is 0 Å². The average molecular weight is 332 g/mol. The van der Waals surface area contributed by atoms with Crippen LogP contribution in [0.2, 0.25) is 10.0 Å². The summed E-state index contributed by atoms with van der Waals surface area (Å²) < 4.78 is 31.9. The first kappa shape index (κ1) is 15.0. The molecule has 1 N–H and O–H groups in total. The molecule has 2 rings (SSSR count). The number of anilines is 1. The van der Waals surface area contributed by atoms with E-state index >= 15 is 0 Å². The van der Waals surface area contributed by atoms with Gasteiger partial charge in [0.1, 0.15) is 5.75 Å². The van der Waals surface area contributed by atoms with E-state index in [0.29, 0.717) is 16.5 Å². The highest BCUT2D eigenvalue weighted by Gasteiger charge is 2.15. The molecule has 4 nitrogen and oxygen atoms in total. The Morgan fingerprint density at radius 2 is 1.80 bits per heavy atom. The van der Waals surface area contributed by atoms with Gasteiger partial charge in [-0.15, -0.1) is 0 Å². The van der Waals surface area contributed by atoms with Crippen LogP contribution < -0.4 is 9.46 Å². The Labute approximate surface area is 127 Å². The third-order valence-electron chi connectivity index (χ3n) is 2.52. The SMILES string of the molecule is COc1cccc(S(=O)(=O)Nc2ccc(Cl)c(Cl)c2)c1. The van der Waals surface area contributed by atoms with Crippen molar-refractivity contribution in [2.45, 2.75) is 4.90 Å². The van der Waals surface area contributed by atoms with Gasteiger partial charge in [-0.1, -0.05) is 29.3 Å². The molecule has 0 aliphatic heterocycles. The van der Waals surface area contributed by atoms with E-state index in [2.05, 4.69) is 4.72 Å². The molecule has 0 radical (unpaired) electrons. The summed E-state index contributed by atoms with van der Waals surface area (Å²) in [6, 6.07) is 10.7. The molecule has 0 saturated heterocycles. The molecule has 2 aromatic rings. The molecule has 0 unspecified atom stereocenters. The lowest BCUT2D eigenvalue weighted by molar-refractivity contribution is 0.413. The minimum absolute atomic E-state index is 0.0999. The lowest BCUT2D eigenvalue weighted by Crippen LogP contribution is -2.12. The van der Waals surface area contributed by atoms with Crippen molar-refractivity contribution < 1.29 is 13.2 Å². The third-order valence-corrected chi connectivity index (χ3v) is 4.64. The number of benzene rings is 2. The zero-order chi connectivity index (χ0) is 14.8. The van der Waals surface area contributed by atoms with Crippen LogP contribution in [0.4, 0.5) is 5.69 Å². The third kappa shape index (κ3) is 3.36. The summed E-state index contributed by atoms with van der Waals surface area (Å²) in [6.45, 7) is 0. The maximum absolute atomic E-state index is 12.2. The van der Waals surface area contributed by atoms with Crippen molar-refractivity contribution in [2.75, 3.05) is 11.8 Å². The Kier molecular flexibility index (Phi) is 4.42. The summed E-state index contributed by atoms with van der Waals surface area (Å²) in [5.41, 5.74) is 0.335. The first-order valence-corrected chi connectivity index (χ1v) is 7.78. The van der Waals surface area contributed by atoms with Crippen molar-refractivity contribution in [3.8, 4) is 5.75 Å². The van der Waals surface area contributed by atoms with Gasteiger partial charge in [0, 0.05) is 6.07 Å². The second-order valence-corrected chi connectivity index (χ2v) is 6.41. The van der Waals surface area contributed by atoms with Crippen molar-refractivity contribution >= 4 is 38.9 Å². The molecule has 0 amide bonds. The van der Waals surface area contributed by atoms with E-state index in [0.717, 1.165) is 0 Å². The summed E-state index contributed by atoms with van der Waals surface area (Å²) in [6.07, 6.45) is 0. The van der Waals surface area contributed by atoms with Crippen molar-refractivity contribution in [2.24, 2.45) is 0 Å². The summed E-state index contributed by atoms with van der Waals surface area (Å²) in [4.78, 5) is 0.0999. The number of halogens is 2. The Morgan fingerprint density at radius 3 is 2.45 bits per heavy atom. The standard InChI is InChI=1S/C13H11Cl2NO3S/c1-19-10-3-2-4-11(8-10)20(17,18)16-9-5-6-12(14)13(15)7-9/h2-8,16H,1H3. The largest absolute Gasteiger partial charge is 0.497 e. The fourth-order valence-corrected chi connectivity index (χ4v) is 2.92. The van der Waals surface area contributed by atoms with Gasteiger partial charge >= 0.3 is 0 Å². The molecule has 0 aliphatic rings. The number of sulfonamides is 1. The van der Waals surface area contributed by atoms with Crippen molar-refractivity contribution in [1.29, 1.82) is 0 Å². The number of nitrogens with one attached hydrogen (secondary N) is 1. The zero-order valence-electron chi connectivity index (χ0n) is 10.4. The van der Waals surface area contributed by atoms with E-state index in [1.807, 2.05) is 0 Å². The molecule has 2 aromatic carbocycles. The summed E-state index contributed by atoms with van der Waals surface area (Å²) >= 11 is 11.6. The maximum Gasteiger partial charge on any atom is 0.262 e. The summed E-state index contributed by atoms with van der Waals surface area (Å²) in [5.74, 6) is 0.460. The van der Waals surface area contributed by atoms with E-state index in [1.54, 1.807) is 12.1 Å². The number of rotatable bonds is 4. The van der Waals surface area contributed by atoms with Gasteiger partial charge in [0.05, 0.1) is 27.7 Å². The first-order valence-electron chi connectivity index (χ1n) is 5.54. The van der Waals surface area contributed by atoms with Crippen molar-refractivity contribution in [3.63, 3.8) is 0 Å². The number of ether oxygens (including phenoxy) is 1. The quantitative estimate of drug-likeness (QED) is 0.926. The molecule has 0 heterocycles. The zero-order valence-corrected chi connectivity index (χ0v) is 12.8. The second kappa shape index (κ2) is 5.91. The second-order valence-electron chi connectivity index (χ2n) is 3.91. The Morgan fingerprint density at radius 1 is 1.05 bits per heavy atom. The van der Waals surface area contributed by atoms with Gasteiger partial charge in [0.25, 0.3) is 10.0 Å². The van der Waals surface area contributed by atoms with E-state index in [1.165, 1.54) is 37.4 Å².